The number of nitrogen functional groups attached to an aromatic ring is 2. The number of nitrogens with one attached hydrogen (secondary N) is 2. The summed E-state index contributed by atoms with van der Waals surface area (Å²) in [7, 11) is 0. The van der Waals surface area contributed by atoms with E-state index in [2.05, 4.69) is 30.6 Å². The van der Waals surface area contributed by atoms with Crippen LogP contribution in [0.5, 0.6) is 0 Å². The second-order valence-corrected chi connectivity index (χ2v) is 11.0. The first-order valence-electron chi connectivity index (χ1n) is 13.9. The number of imidazole rings is 1. The third kappa shape index (κ3) is 5.48. The van der Waals surface area contributed by atoms with E-state index < -0.39 is 5.91 Å². The van der Waals surface area contributed by atoms with Gasteiger partial charge < -0.3 is 27.0 Å². The fourth-order valence-corrected chi connectivity index (χ4v) is 5.73. The minimum Gasteiger partial charge on any atom is -0.382 e. The second-order valence-electron chi connectivity index (χ2n) is 10.6. The summed E-state index contributed by atoms with van der Waals surface area (Å²) < 4.78 is 3.36. The number of rotatable bonds is 6. The lowest BCUT2D eigenvalue weighted by atomic mass is 9.88. The van der Waals surface area contributed by atoms with E-state index in [1.807, 2.05) is 35.2 Å². The zero-order valence-electron chi connectivity index (χ0n) is 23.2. The summed E-state index contributed by atoms with van der Waals surface area (Å²) in [5, 5.41) is 6.30. The fraction of sp³-hybridized carbons (Fsp3) is 0.321. The summed E-state index contributed by atoms with van der Waals surface area (Å²) in [5.41, 5.74) is 13.0. The highest BCUT2D eigenvalue weighted by Gasteiger charge is 2.40. The number of para-hydroxylation sites is 2. The maximum Gasteiger partial charge on any atom is 0.333 e. The van der Waals surface area contributed by atoms with Crippen molar-refractivity contribution in [3.05, 3.63) is 70.1 Å². The molecular formula is C28H30ClN11O3. The molecular weight excluding hydrogens is 574 g/mol. The number of nitrogens with zero attached hydrogens (tertiary/aromatic N) is 7. The van der Waals surface area contributed by atoms with Gasteiger partial charge in [-0.2, -0.15) is 4.99 Å². The molecule has 43 heavy (non-hydrogen) atoms. The molecule has 1 aromatic carbocycles. The van der Waals surface area contributed by atoms with E-state index in [0.29, 0.717) is 63.5 Å². The van der Waals surface area contributed by atoms with Crippen molar-refractivity contribution in [1.82, 2.24) is 39.6 Å². The Balaban J connectivity index is 1.05. The molecule has 2 aliphatic heterocycles. The van der Waals surface area contributed by atoms with Gasteiger partial charge in [0, 0.05) is 38.8 Å². The number of halogens is 1. The van der Waals surface area contributed by atoms with E-state index in [-0.39, 0.29) is 39.6 Å². The molecule has 2 aliphatic rings. The van der Waals surface area contributed by atoms with Crippen LogP contribution in [0.4, 0.5) is 11.6 Å². The number of carbonyl (C=O) groups excluding carboxylic acids is 2. The lowest BCUT2D eigenvalue weighted by molar-refractivity contribution is -0.132. The lowest BCUT2D eigenvalue weighted by Gasteiger charge is -2.38. The number of guanidine groups is 1. The van der Waals surface area contributed by atoms with Gasteiger partial charge in [0.2, 0.25) is 5.91 Å². The zero-order chi connectivity index (χ0) is 30.1. The van der Waals surface area contributed by atoms with Gasteiger partial charge in [-0.3, -0.25) is 23.7 Å². The van der Waals surface area contributed by atoms with Crippen molar-refractivity contribution < 1.29 is 9.59 Å². The second kappa shape index (κ2) is 11.4. The molecule has 6 rings (SSSR count). The van der Waals surface area contributed by atoms with Crippen LogP contribution in [0.15, 0.2) is 58.6 Å². The Kier molecular flexibility index (Phi) is 7.44. The highest BCUT2D eigenvalue weighted by Crippen LogP contribution is 2.26. The quantitative estimate of drug-likeness (QED) is 0.250. The van der Waals surface area contributed by atoms with Crippen molar-refractivity contribution in [2.45, 2.75) is 37.8 Å². The van der Waals surface area contributed by atoms with E-state index in [1.54, 1.807) is 27.6 Å². The number of amides is 2. The van der Waals surface area contributed by atoms with Crippen LogP contribution in [-0.2, 0) is 11.3 Å². The number of benzene rings is 1. The molecule has 0 saturated carbocycles. The number of anilines is 2. The summed E-state index contributed by atoms with van der Waals surface area (Å²) in [5.74, 6) is -0.574. The summed E-state index contributed by atoms with van der Waals surface area (Å²) in [6.07, 6.45) is 5.53. The molecule has 5 heterocycles. The smallest absolute Gasteiger partial charge is 0.333 e. The number of aromatic nitrogens is 5. The molecule has 15 heteroatoms. The molecule has 2 fully saturated rings. The zero-order valence-corrected chi connectivity index (χ0v) is 23.9. The van der Waals surface area contributed by atoms with Gasteiger partial charge in [0.05, 0.1) is 28.5 Å². The predicted octanol–water partition coefficient (Wildman–Crippen LogP) is 1.33. The van der Waals surface area contributed by atoms with E-state index in [1.165, 1.54) is 0 Å². The Labute approximate surface area is 250 Å². The number of piperidine rings is 1. The van der Waals surface area contributed by atoms with Crippen LogP contribution in [0.25, 0.3) is 16.7 Å². The van der Waals surface area contributed by atoms with Crippen LogP contribution in [0.2, 0.25) is 5.15 Å². The summed E-state index contributed by atoms with van der Waals surface area (Å²) in [4.78, 5) is 56.9. The number of fused-ring (bicyclic) bond motifs is 1. The van der Waals surface area contributed by atoms with Gasteiger partial charge in [0.15, 0.2) is 28.4 Å². The monoisotopic (exact) mass is 603 g/mol. The minimum atomic E-state index is -0.700. The maximum atomic E-state index is 13.4. The van der Waals surface area contributed by atoms with Gasteiger partial charge in [-0.25, -0.2) is 14.8 Å². The topological polar surface area (TPSA) is 191 Å². The summed E-state index contributed by atoms with van der Waals surface area (Å²) >= 11 is 5.88. The molecule has 0 unspecified atom stereocenters. The Morgan fingerprint density at radius 2 is 1.81 bits per heavy atom. The van der Waals surface area contributed by atoms with Crippen molar-refractivity contribution in [1.29, 1.82) is 0 Å². The summed E-state index contributed by atoms with van der Waals surface area (Å²) in [6.45, 7) is 2.08. The van der Waals surface area contributed by atoms with Gasteiger partial charge in [-0.15, -0.1) is 0 Å². The molecule has 0 aliphatic carbocycles. The molecule has 0 atom stereocenters. The molecule has 2 amide bonds. The summed E-state index contributed by atoms with van der Waals surface area (Å²) in [6, 6.07) is 11.3. The Morgan fingerprint density at radius 1 is 1.05 bits per heavy atom. The molecule has 222 valence electrons. The Hall–Kier alpha value is -4.98. The first kappa shape index (κ1) is 28.2. The van der Waals surface area contributed by atoms with Crippen LogP contribution in [0.1, 0.15) is 36.2 Å². The van der Waals surface area contributed by atoms with E-state index >= 15 is 0 Å². The number of likely N-dealkylation sites (tertiary alicyclic amines) is 1. The number of hydrogen-bond donors (Lipinski definition) is 4. The number of aliphatic imine (C=N–C) groups is 1. The lowest BCUT2D eigenvalue weighted by Crippen LogP contribution is -2.53. The highest BCUT2D eigenvalue weighted by atomic mass is 35.5. The molecule has 6 N–H and O–H groups in total. The van der Waals surface area contributed by atoms with Gasteiger partial charge >= 0.3 is 11.6 Å². The normalized spacial score (nSPS) is 16.9. The van der Waals surface area contributed by atoms with Crippen LogP contribution in [-0.4, -0.2) is 71.9 Å². The van der Waals surface area contributed by atoms with Gasteiger partial charge in [-0.05, 0) is 43.5 Å². The maximum absolute atomic E-state index is 13.4. The van der Waals surface area contributed by atoms with Crippen molar-refractivity contribution in [2.24, 2.45) is 4.99 Å². The average molecular weight is 604 g/mol. The molecule has 4 aromatic rings. The van der Waals surface area contributed by atoms with Crippen molar-refractivity contribution >= 4 is 52.0 Å². The fourth-order valence-electron chi connectivity index (χ4n) is 5.61. The number of nitrogens with two attached hydrogens (primary N) is 2. The number of hydrogen-bond acceptors (Lipinski definition) is 8. The van der Waals surface area contributed by atoms with E-state index in [9.17, 15) is 14.4 Å². The highest BCUT2D eigenvalue weighted by molar-refractivity contribution is 6.31. The van der Waals surface area contributed by atoms with Crippen LogP contribution in [0.3, 0.4) is 0 Å². The molecule has 14 nitrogen and oxygen atoms in total. The Bertz CT molecular complexity index is 1790. The van der Waals surface area contributed by atoms with E-state index in [0.717, 1.165) is 11.0 Å². The molecule has 0 radical (unpaired) electrons. The standard InChI is InChI=1S/C28H30ClN11O3/c29-22-24(31)35-23(30)21(34-22)25(42)36-26-33-16-28(37-26)9-13-38(14-10-28)20(41)8-4-12-39-18-6-1-2-7-19(18)40(27(39)43)17-5-3-11-32-15-17/h1-3,5-7,11,15H,4,8-10,12-14,16H2,(H4,30,31,35)(H2,33,36,37,42). The first-order valence-corrected chi connectivity index (χ1v) is 14.2. The molecule has 1 spiro atoms. The van der Waals surface area contributed by atoms with Crippen LogP contribution < -0.4 is 27.8 Å². The van der Waals surface area contributed by atoms with Gasteiger partial charge in [-0.1, -0.05) is 23.7 Å². The number of aryl methyl sites for hydroxylation is 1. The molecule has 2 saturated heterocycles. The molecule has 3 aromatic heterocycles. The van der Waals surface area contributed by atoms with Gasteiger partial charge in [0.1, 0.15) is 0 Å². The third-order valence-electron chi connectivity index (χ3n) is 7.88. The van der Waals surface area contributed by atoms with Crippen molar-refractivity contribution in [3.8, 4) is 5.69 Å². The number of pyridine rings is 1. The predicted molar refractivity (Wildman–Crippen MR) is 162 cm³/mol. The Morgan fingerprint density at radius 3 is 2.56 bits per heavy atom. The largest absolute Gasteiger partial charge is 0.382 e. The van der Waals surface area contributed by atoms with Crippen LogP contribution >= 0.6 is 11.6 Å². The minimum absolute atomic E-state index is 0.0446. The van der Waals surface area contributed by atoms with Crippen molar-refractivity contribution in [2.75, 3.05) is 31.1 Å². The number of carbonyl (C=O) groups is 2. The van der Waals surface area contributed by atoms with E-state index in [4.69, 9.17) is 23.1 Å². The van der Waals surface area contributed by atoms with Crippen molar-refractivity contribution in [3.63, 3.8) is 0 Å². The third-order valence-corrected chi connectivity index (χ3v) is 8.16. The SMILES string of the molecule is Nc1nc(N)c(C(=O)/N=C2\NCC3(CCN(C(=O)CCCn4c(=O)n(-c5cccnc5)c5ccccc54)CC3)N2)nc1Cl. The molecule has 0 bridgehead atoms. The van der Waals surface area contributed by atoms with Crippen LogP contribution in [0, 0.1) is 0 Å². The first-order chi connectivity index (χ1) is 20.7. The average Bonchev–Trinajstić information content (AvgIpc) is 3.52. The van der Waals surface area contributed by atoms with Gasteiger partial charge in [0.25, 0.3) is 0 Å².